The maximum Gasteiger partial charge on any atom is 0.434 e. The zero-order valence-electron chi connectivity index (χ0n) is 33.9. The van der Waals surface area contributed by atoms with Crippen molar-refractivity contribution in [3.05, 3.63) is 103 Å². The minimum atomic E-state index is -2.12. The van der Waals surface area contributed by atoms with Crippen LogP contribution in [0.5, 0.6) is 23.0 Å². The Bertz CT molecular complexity index is 2490. The Kier molecular flexibility index (Phi) is 11.2. The minimum Gasteiger partial charge on any atom is -0.507 e. The molecule has 6 atom stereocenters. The summed E-state index contributed by atoms with van der Waals surface area (Å²) in [5.74, 6) is -3.35. The Hall–Kier alpha value is -6.45. The number of aromatic nitrogens is 2. The van der Waals surface area contributed by atoms with Crippen LogP contribution >= 0.6 is 0 Å². The predicted molar refractivity (Wildman–Crippen MR) is 209 cm³/mol. The first-order valence-corrected chi connectivity index (χ1v) is 19.5. The average Bonchev–Trinajstić information content (AvgIpc) is 3.48. The van der Waals surface area contributed by atoms with Gasteiger partial charge < -0.3 is 58.6 Å². The number of imidazole rings is 1. The van der Waals surface area contributed by atoms with Crippen molar-refractivity contribution in [1.82, 2.24) is 14.5 Å². The average molecular weight is 859 g/mol. The lowest BCUT2D eigenvalue weighted by Crippen LogP contribution is -2.57. The summed E-state index contributed by atoms with van der Waals surface area (Å²) in [6.45, 7) is 2.35. The number of ketones is 3. The van der Waals surface area contributed by atoms with Crippen LogP contribution < -0.4 is 9.47 Å². The Morgan fingerprint density at radius 3 is 2.48 bits per heavy atom. The van der Waals surface area contributed by atoms with Gasteiger partial charge >= 0.3 is 12.0 Å². The number of Topliss-reactive ketones (excluding diaryl/α,β-unsaturated/α-hetero) is 1. The van der Waals surface area contributed by atoms with E-state index in [0.717, 1.165) is 6.92 Å². The first kappa shape index (κ1) is 42.2. The molecule has 3 heterocycles. The number of rotatable bonds is 10. The number of ether oxygens (including phenoxy) is 7. The zero-order chi connectivity index (χ0) is 44.2. The molecule has 4 aromatic rings. The van der Waals surface area contributed by atoms with Gasteiger partial charge in [-0.2, -0.15) is 0 Å². The monoisotopic (exact) mass is 858 g/mol. The third-order valence-electron chi connectivity index (χ3n) is 11.8. The molecule has 0 spiro atoms. The van der Waals surface area contributed by atoms with Gasteiger partial charge in [0.15, 0.2) is 23.6 Å². The molecule has 20 nitrogen and oxygen atoms in total. The molecular formula is C42H42N4O16. The fraction of sp³-hybridized carbons (Fsp3) is 0.405. The lowest BCUT2D eigenvalue weighted by Gasteiger charge is -2.44. The Balaban J connectivity index is 1.01. The molecular weight excluding hydrogens is 816 g/mol. The van der Waals surface area contributed by atoms with Gasteiger partial charge in [-0.1, -0.05) is 29.2 Å². The fourth-order valence-corrected chi connectivity index (χ4v) is 8.49. The zero-order valence-corrected chi connectivity index (χ0v) is 33.9. The number of aromatic hydroxyl groups is 2. The Labute approximate surface area is 352 Å². The van der Waals surface area contributed by atoms with Gasteiger partial charge in [0.25, 0.3) is 0 Å². The summed E-state index contributed by atoms with van der Waals surface area (Å²) in [6, 6.07) is 10.3. The number of methoxy groups -OCH3 is 1. The number of hydrogen-bond donors (Lipinski definition) is 3. The lowest BCUT2D eigenvalue weighted by atomic mass is 9.72. The van der Waals surface area contributed by atoms with E-state index >= 15 is 0 Å². The summed E-state index contributed by atoms with van der Waals surface area (Å²) in [7, 11) is 2.84. The molecule has 8 rings (SSSR count). The van der Waals surface area contributed by atoms with E-state index in [9.17, 15) is 44.6 Å². The number of nitro groups is 1. The van der Waals surface area contributed by atoms with E-state index in [4.69, 9.17) is 33.2 Å². The van der Waals surface area contributed by atoms with Gasteiger partial charge in [-0.3, -0.25) is 19.3 Å². The van der Waals surface area contributed by atoms with Gasteiger partial charge in [-0.25, -0.2) is 9.36 Å². The highest BCUT2D eigenvalue weighted by atomic mass is 16.7. The van der Waals surface area contributed by atoms with E-state index in [1.807, 2.05) is 0 Å². The molecule has 62 heavy (non-hydrogen) atoms. The SMILES string of the molecule is COc1cccc2c1C(=O)c1c(O)c3c(c(O)c1C2=O)C[C@@](O)(C(C)=O)C[C@@H]3O[C@H]1C[C@H]2[C@H](OCOCN2C(=O)OCc2ccc(OCc3cnc([N+](=O)[O-])n3C)cc2)[C@H](C)O1. The largest absolute Gasteiger partial charge is 0.507 e. The van der Waals surface area contributed by atoms with Crippen molar-refractivity contribution in [3.63, 3.8) is 0 Å². The number of carbonyl (C=O) groups is 4. The van der Waals surface area contributed by atoms with Gasteiger partial charge in [0.2, 0.25) is 5.78 Å². The number of nitrogens with zero attached hydrogens (tertiary/aromatic N) is 4. The van der Waals surface area contributed by atoms with Crippen molar-refractivity contribution >= 4 is 29.4 Å². The molecule has 2 aliphatic carbocycles. The lowest BCUT2D eigenvalue weighted by molar-refractivity contribution is -0.396. The molecule has 2 saturated heterocycles. The van der Waals surface area contributed by atoms with Crippen LogP contribution in [0.25, 0.3) is 0 Å². The summed E-state index contributed by atoms with van der Waals surface area (Å²) >= 11 is 0. The van der Waals surface area contributed by atoms with Crippen molar-refractivity contribution in [2.45, 2.75) is 82.6 Å². The standard InChI is InChI=1S/C42H42N4O16/c1-20-39-27(45(18-57-19-60-39)41(52)59-16-22-8-10-24(11-9-22)58-17-23-15-43-40(44(23)3)46(54)55)12-30(61-20)62-29-14-42(53,21(2)47)13-26-32(29)38(51)34-33(36(26)49)35(48)25-6-5-7-28(56-4)31(25)37(34)50/h5-11,15,20,27,29-30,39,49,51,53H,12-14,16-19H2,1-4H3/t20-,27-,29-,30-,39+,42-/m0/s1. The van der Waals surface area contributed by atoms with Crippen LogP contribution in [0.4, 0.5) is 10.7 Å². The molecule has 1 amide bonds. The molecule has 0 saturated carbocycles. The third kappa shape index (κ3) is 7.38. The van der Waals surface area contributed by atoms with Crippen LogP contribution in [-0.4, -0.2) is 109 Å². The van der Waals surface area contributed by atoms with Crippen molar-refractivity contribution in [2.24, 2.45) is 7.05 Å². The summed E-state index contributed by atoms with van der Waals surface area (Å²) in [4.78, 5) is 70.2. The number of hydrogen-bond acceptors (Lipinski definition) is 17. The van der Waals surface area contributed by atoms with Crippen LogP contribution in [0, 0.1) is 10.1 Å². The highest BCUT2D eigenvalue weighted by Gasteiger charge is 2.51. The van der Waals surface area contributed by atoms with Gasteiger partial charge in [0.05, 0.1) is 49.1 Å². The number of carbonyl (C=O) groups excluding carboxylic acids is 4. The third-order valence-corrected chi connectivity index (χ3v) is 11.8. The molecule has 3 N–H and O–H groups in total. The normalized spacial score (nSPS) is 24.2. The van der Waals surface area contributed by atoms with Crippen LogP contribution in [-0.2, 0) is 55.2 Å². The second-order valence-corrected chi connectivity index (χ2v) is 15.5. The molecule has 4 aliphatic rings. The quantitative estimate of drug-likeness (QED) is 0.102. The molecule has 20 heteroatoms. The molecule has 3 aromatic carbocycles. The van der Waals surface area contributed by atoms with E-state index < -0.39 is 100 Å². The van der Waals surface area contributed by atoms with Crippen LogP contribution in [0.3, 0.4) is 0 Å². The summed E-state index contributed by atoms with van der Waals surface area (Å²) in [6.07, 6.45) is -4.38. The van der Waals surface area contributed by atoms with E-state index in [-0.39, 0.29) is 67.1 Å². The van der Waals surface area contributed by atoms with Gasteiger partial charge in [-0.05, 0) is 42.5 Å². The number of amides is 1. The highest BCUT2D eigenvalue weighted by molar-refractivity contribution is 6.31. The topological polar surface area (TPSA) is 258 Å². The highest BCUT2D eigenvalue weighted by Crippen LogP contribution is 2.52. The number of fused-ring (bicyclic) bond motifs is 4. The van der Waals surface area contributed by atoms with Gasteiger partial charge in [-0.15, -0.1) is 0 Å². The number of phenols is 2. The summed E-state index contributed by atoms with van der Waals surface area (Å²) in [5, 5.41) is 46.4. The van der Waals surface area contributed by atoms with E-state index in [0.29, 0.717) is 17.0 Å². The summed E-state index contributed by atoms with van der Waals surface area (Å²) in [5.41, 5.74) is -2.40. The second kappa shape index (κ2) is 16.4. The molecule has 0 bridgehead atoms. The molecule has 0 radical (unpaired) electrons. The molecule has 326 valence electrons. The van der Waals surface area contributed by atoms with Crippen molar-refractivity contribution in [1.29, 1.82) is 0 Å². The molecule has 2 aliphatic heterocycles. The van der Waals surface area contributed by atoms with Crippen molar-refractivity contribution in [3.8, 4) is 23.0 Å². The van der Waals surface area contributed by atoms with Crippen LogP contribution in [0.15, 0.2) is 48.7 Å². The van der Waals surface area contributed by atoms with Crippen LogP contribution in [0.1, 0.15) is 87.0 Å². The summed E-state index contributed by atoms with van der Waals surface area (Å²) < 4.78 is 42.3. The first-order valence-electron chi connectivity index (χ1n) is 19.5. The van der Waals surface area contributed by atoms with Crippen molar-refractivity contribution < 1.29 is 72.6 Å². The molecule has 2 fully saturated rings. The Morgan fingerprint density at radius 1 is 1.05 bits per heavy atom. The van der Waals surface area contributed by atoms with E-state index in [2.05, 4.69) is 4.98 Å². The van der Waals surface area contributed by atoms with E-state index in [1.165, 1.54) is 48.0 Å². The van der Waals surface area contributed by atoms with Gasteiger partial charge in [0.1, 0.15) is 67.6 Å². The maximum absolute atomic E-state index is 14.0. The fourth-order valence-electron chi connectivity index (χ4n) is 8.49. The second-order valence-electron chi connectivity index (χ2n) is 15.5. The first-order chi connectivity index (χ1) is 29.6. The minimum absolute atomic E-state index is 0.0277. The number of benzene rings is 3. The Morgan fingerprint density at radius 2 is 1.79 bits per heavy atom. The van der Waals surface area contributed by atoms with Crippen molar-refractivity contribution in [2.75, 3.05) is 20.6 Å². The molecule has 1 aromatic heterocycles. The number of phenolic OH excluding ortho intramolecular Hbond substituents is 2. The van der Waals surface area contributed by atoms with E-state index in [1.54, 1.807) is 31.2 Å². The predicted octanol–water partition coefficient (Wildman–Crippen LogP) is 3.90. The number of aliphatic hydroxyl groups is 1. The van der Waals surface area contributed by atoms with Gasteiger partial charge in [0, 0.05) is 36.0 Å². The maximum atomic E-state index is 14.0. The molecule has 0 unspecified atom stereocenters. The smallest absolute Gasteiger partial charge is 0.434 e. The van der Waals surface area contributed by atoms with Crippen LogP contribution in [0.2, 0.25) is 0 Å².